The molecule has 0 N–H and O–H groups in total. The fourth-order valence-corrected chi connectivity index (χ4v) is 7.02. The second-order valence-corrected chi connectivity index (χ2v) is 11.5. The average Bonchev–Trinajstić information content (AvgIpc) is 3.29. The maximum absolute atomic E-state index is 13.6. The van der Waals surface area contributed by atoms with Crippen LogP contribution < -0.4 is 9.04 Å². The number of alkyl halides is 5. The van der Waals surface area contributed by atoms with E-state index in [1.54, 1.807) is 6.92 Å². The Balaban J connectivity index is 1.62. The van der Waals surface area contributed by atoms with Crippen LogP contribution in [-0.4, -0.2) is 51.0 Å². The summed E-state index contributed by atoms with van der Waals surface area (Å²) in [7, 11) is -3.96. The summed E-state index contributed by atoms with van der Waals surface area (Å²) >= 11 is 1.29. The molecule has 0 saturated carbocycles. The topological polar surface area (TPSA) is 49.9 Å². The molecule has 35 heavy (non-hydrogen) atoms. The molecule has 3 aromatic rings. The van der Waals surface area contributed by atoms with Gasteiger partial charge in [0.2, 0.25) is 10.0 Å². The third-order valence-electron chi connectivity index (χ3n) is 5.78. The zero-order valence-corrected chi connectivity index (χ0v) is 20.3. The van der Waals surface area contributed by atoms with Crippen LogP contribution in [0.25, 0.3) is 10.1 Å². The number of hydrogen-bond acceptors (Lipinski definition) is 5. The number of thiophene rings is 1. The van der Waals surface area contributed by atoms with Crippen molar-refractivity contribution in [1.82, 2.24) is 4.90 Å². The Morgan fingerprint density at radius 2 is 1.80 bits per heavy atom. The molecular formula is C23H23F5N2O3S2. The molecular weight excluding hydrogens is 511 g/mol. The smallest absolute Gasteiger partial charge is 0.406 e. The van der Waals surface area contributed by atoms with Crippen molar-refractivity contribution in [2.75, 3.05) is 29.7 Å². The third kappa shape index (κ3) is 6.22. The molecule has 0 atom stereocenters. The van der Waals surface area contributed by atoms with Gasteiger partial charge in [0.05, 0.1) is 18.8 Å². The summed E-state index contributed by atoms with van der Waals surface area (Å²) in [6.45, 7) is 1.27. The van der Waals surface area contributed by atoms with Crippen molar-refractivity contribution in [2.24, 2.45) is 0 Å². The van der Waals surface area contributed by atoms with Gasteiger partial charge in [-0.15, -0.1) is 24.5 Å². The number of fused-ring (bicyclic) bond motifs is 1. The van der Waals surface area contributed by atoms with E-state index in [1.165, 1.54) is 32.7 Å². The summed E-state index contributed by atoms with van der Waals surface area (Å²) in [5, 5.41) is 1.37. The first-order valence-corrected chi connectivity index (χ1v) is 13.2. The molecule has 5 nitrogen and oxygen atoms in total. The standard InChI is InChI=1S/C23H23F5N2O3S2/c1-16-19-4-2-3-5-20(19)34-21(16)30(14-17-6-8-18(9-7-17)33-23(26,27)28)35(31,32)13-12-29-11-10-22(24,25)15-29/h2-9H,10-15H2,1H3. The first kappa shape index (κ1) is 25.6. The van der Waals surface area contributed by atoms with Gasteiger partial charge < -0.3 is 4.74 Å². The lowest BCUT2D eigenvalue weighted by molar-refractivity contribution is -0.274. The molecule has 1 aliphatic heterocycles. The number of benzene rings is 2. The number of hydrogen-bond donors (Lipinski definition) is 0. The molecule has 0 unspecified atom stereocenters. The molecule has 2 aromatic carbocycles. The number of sulfonamides is 1. The predicted molar refractivity (Wildman–Crippen MR) is 126 cm³/mol. The van der Waals surface area contributed by atoms with Gasteiger partial charge >= 0.3 is 6.36 Å². The molecule has 4 rings (SSSR count). The number of rotatable bonds is 8. The summed E-state index contributed by atoms with van der Waals surface area (Å²) in [5.41, 5.74) is 1.20. The van der Waals surface area contributed by atoms with Crippen LogP contribution in [0, 0.1) is 6.92 Å². The lowest BCUT2D eigenvalue weighted by atomic mass is 10.2. The molecule has 2 heterocycles. The van der Waals surface area contributed by atoms with Gasteiger partial charge in [0, 0.05) is 24.2 Å². The van der Waals surface area contributed by atoms with Crippen molar-refractivity contribution in [3.8, 4) is 5.75 Å². The van der Waals surface area contributed by atoms with Gasteiger partial charge in [-0.3, -0.25) is 9.21 Å². The molecule has 0 bridgehead atoms. The molecule has 0 spiro atoms. The van der Waals surface area contributed by atoms with Crippen molar-refractivity contribution in [2.45, 2.75) is 32.2 Å². The molecule has 12 heteroatoms. The van der Waals surface area contributed by atoms with Gasteiger partial charge in [0.15, 0.2) is 0 Å². The Bertz CT molecular complexity index is 1290. The van der Waals surface area contributed by atoms with Gasteiger partial charge in [-0.05, 0) is 41.6 Å². The predicted octanol–water partition coefficient (Wildman–Crippen LogP) is 5.79. The number of halogens is 5. The van der Waals surface area contributed by atoms with Crippen molar-refractivity contribution in [3.05, 3.63) is 59.7 Å². The Kier molecular flexibility index (Phi) is 7.00. The lowest BCUT2D eigenvalue weighted by Crippen LogP contribution is -2.37. The van der Waals surface area contributed by atoms with Gasteiger partial charge in [-0.2, -0.15) is 0 Å². The highest BCUT2D eigenvalue weighted by atomic mass is 32.2. The van der Waals surface area contributed by atoms with Crippen molar-refractivity contribution in [1.29, 1.82) is 0 Å². The van der Waals surface area contributed by atoms with E-state index < -0.39 is 34.6 Å². The van der Waals surface area contributed by atoms with Gasteiger partial charge in [-0.1, -0.05) is 30.3 Å². The summed E-state index contributed by atoms with van der Waals surface area (Å²) < 4.78 is 97.5. The minimum atomic E-state index is -4.84. The lowest BCUT2D eigenvalue weighted by Gasteiger charge is -2.25. The average molecular weight is 535 g/mol. The highest BCUT2D eigenvalue weighted by molar-refractivity contribution is 7.93. The van der Waals surface area contributed by atoms with E-state index >= 15 is 0 Å². The van der Waals surface area contributed by atoms with Gasteiger partial charge in [0.1, 0.15) is 10.8 Å². The van der Waals surface area contributed by atoms with E-state index in [0.717, 1.165) is 27.8 Å². The Morgan fingerprint density at radius 1 is 1.11 bits per heavy atom. The normalized spacial score (nSPS) is 16.6. The summed E-state index contributed by atoms with van der Waals surface area (Å²) in [4.78, 5) is 1.43. The van der Waals surface area contributed by atoms with Crippen molar-refractivity contribution in [3.63, 3.8) is 0 Å². The molecule has 190 valence electrons. The van der Waals surface area contributed by atoms with Crippen molar-refractivity contribution >= 4 is 36.4 Å². The summed E-state index contributed by atoms with van der Waals surface area (Å²) in [6.07, 6.45) is -5.14. The third-order valence-corrected chi connectivity index (χ3v) is 8.87. The summed E-state index contributed by atoms with van der Waals surface area (Å²) in [6, 6.07) is 12.4. The van der Waals surface area contributed by atoms with Crippen LogP contribution in [0.1, 0.15) is 17.5 Å². The van der Waals surface area contributed by atoms with E-state index in [-0.39, 0.29) is 31.8 Å². The molecule has 0 aliphatic carbocycles. The Labute approximate surface area is 203 Å². The quantitative estimate of drug-likeness (QED) is 0.344. The van der Waals surface area contributed by atoms with Crippen LogP contribution in [0.3, 0.4) is 0 Å². The largest absolute Gasteiger partial charge is 0.573 e. The zero-order chi connectivity index (χ0) is 25.4. The van der Waals surface area contributed by atoms with Crippen molar-refractivity contribution < 1.29 is 35.1 Å². The van der Waals surface area contributed by atoms with Crippen LogP contribution in [0.4, 0.5) is 27.0 Å². The Hall–Kier alpha value is -2.44. The van der Waals surface area contributed by atoms with Crippen LogP contribution in [0.15, 0.2) is 48.5 Å². The highest BCUT2D eigenvalue weighted by Gasteiger charge is 2.39. The number of anilines is 1. The Morgan fingerprint density at radius 3 is 2.40 bits per heavy atom. The maximum atomic E-state index is 13.6. The number of ether oxygens (including phenoxy) is 1. The monoisotopic (exact) mass is 534 g/mol. The SMILES string of the molecule is Cc1c(N(Cc2ccc(OC(F)(F)F)cc2)S(=O)(=O)CCN2CCC(F)(F)C2)sc2ccccc12. The minimum absolute atomic E-state index is 0.0449. The second kappa shape index (κ2) is 9.55. The van der Waals surface area contributed by atoms with Crippen LogP contribution in [0.5, 0.6) is 5.75 Å². The number of aryl methyl sites for hydroxylation is 1. The van der Waals surface area contributed by atoms with Crippen LogP contribution in [0.2, 0.25) is 0 Å². The zero-order valence-electron chi connectivity index (χ0n) is 18.7. The van der Waals surface area contributed by atoms with E-state index in [0.29, 0.717) is 10.6 Å². The molecule has 1 saturated heterocycles. The second-order valence-electron chi connectivity index (χ2n) is 8.42. The molecule has 1 fully saturated rings. The van der Waals surface area contributed by atoms with E-state index in [1.807, 2.05) is 24.3 Å². The van der Waals surface area contributed by atoms with Crippen LogP contribution >= 0.6 is 11.3 Å². The first-order chi connectivity index (χ1) is 16.3. The maximum Gasteiger partial charge on any atom is 0.573 e. The first-order valence-electron chi connectivity index (χ1n) is 10.8. The highest BCUT2D eigenvalue weighted by Crippen LogP contribution is 2.40. The number of likely N-dealkylation sites (tertiary alicyclic amines) is 1. The van der Waals surface area contributed by atoms with Crippen LogP contribution in [-0.2, 0) is 16.6 Å². The molecule has 0 amide bonds. The van der Waals surface area contributed by atoms with Gasteiger partial charge in [-0.25, -0.2) is 17.2 Å². The van der Waals surface area contributed by atoms with E-state index in [4.69, 9.17) is 0 Å². The fraction of sp³-hybridized carbons (Fsp3) is 0.391. The number of nitrogens with zero attached hydrogens (tertiary/aromatic N) is 2. The summed E-state index contributed by atoms with van der Waals surface area (Å²) in [5.74, 6) is -3.61. The molecule has 1 aliphatic rings. The minimum Gasteiger partial charge on any atom is -0.406 e. The van der Waals surface area contributed by atoms with E-state index in [2.05, 4.69) is 4.74 Å². The van der Waals surface area contributed by atoms with Gasteiger partial charge in [0.25, 0.3) is 5.92 Å². The fourth-order valence-electron chi connectivity index (χ4n) is 4.01. The molecule has 0 radical (unpaired) electrons. The van der Waals surface area contributed by atoms with E-state index in [9.17, 15) is 30.4 Å². The molecule has 1 aromatic heterocycles.